The molecule has 0 spiro atoms. The quantitative estimate of drug-likeness (QED) is 0.509. The fourth-order valence-corrected chi connectivity index (χ4v) is 3.23. The molecular formula is C12H6N2O2S. The second kappa shape index (κ2) is 3.92. The highest BCUT2D eigenvalue weighted by Crippen LogP contribution is 2.33. The van der Waals surface area contributed by atoms with Crippen LogP contribution in [0, 0.1) is 22.7 Å². The molecule has 0 saturated heterocycles. The fourth-order valence-electron chi connectivity index (χ4n) is 1.64. The molecule has 0 unspecified atom stereocenters. The highest BCUT2D eigenvalue weighted by Gasteiger charge is 2.31. The molecule has 0 aromatic heterocycles. The molecule has 0 atom stereocenters. The fraction of sp³-hybridized carbons (Fsp3) is 0.0833. The van der Waals surface area contributed by atoms with Gasteiger partial charge >= 0.3 is 0 Å². The average molecular weight is 242 g/mol. The Morgan fingerprint density at radius 3 is 2.41 bits per heavy atom. The normalized spacial score (nSPS) is 15.3. The maximum atomic E-state index is 12.0. The number of rotatable bonds is 0. The van der Waals surface area contributed by atoms with E-state index in [1.165, 1.54) is 6.07 Å². The third-order valence-electron chi connectivity index (χ3n) is 2.43. The van der Waals surface area contributed by atoms with Crippen LogP contribution in [0.4, 0.5) is 0 Å². The summed E-state index contributed by atoms with van der Waals surface area (Å²) in [5.41, 5.74) is 2.72. The first-order chi connectivity index (χ1) is 8.09. The van der Waals surface area contributed by atoms with Crippen molar-refractivity contribution < 1.29 is 8.42 Å². The van der Waals surface area contributed by atoms with Gasteiger partial charge in [-0.05, 0) is 11.6 Å². The Hall–Kier alpha value is -2.33. The van der Waals surface area contributed by atoms with E-state index in [4.69, 9.17) is 10.5 Å². The SMILES string of the molecule is N#CC(=C=C1Cc2ccccc2S1(=O)=O)C#N. The Bertz CT molecular complexity index is 723. The third-order valence-corrected chi connectivity index (χ3v) is 4.30. The Labute approximate surface area is 98.6 Å². The summed E-state index contributed by atoms with van der Waals surface area (Å²) in [7, 11) is -3.58. The van der Waals surface area contributed by atoms with Gasteiger partial charge in [0.05, 0.1) is 9.80 Å². The van der Waals surface area contributed by atoms with E-state index in [0.29, 0.717) is 5.56 Å². The summed E-state index contributed by atoms with van der Waals surface area (Å²) in [5.74, 6) is 0. The summed E-state index contributed by atoms with van der Waals surface area (Å²) >= 11 is 0. The molecule has 1 aliphatic heterocycles. The van der Waals surface area contributed by atoms with E-state index < -0.39 is 9.84 Å². The van der Waals surface area contributed by atoms with E-state index in [2.05, 4.69) is 5.73 Å². The summed E-state index contributed by atoms with van der Waals surface area (Å²) < 4.78 is 24.0. The first kappa shape index (κ1) is 11.2. The van der Waals surface area contributed by atoms with Crippen molar-refractivity contribution in [3.8, 4) is 12.1 Å². The first-order valence-corrected chi connectivity index (χ1v) is 6.21. The van der Waals surface area contributed by atoms with Crippen molar-refractivity contribution in [2.24, 2.45) is 0 Å². The molecule has 0 aliphatic carbocycles. The maximum absolute atomic E-state index is 12.0. The van der Waals surface area contributed by atoms with Gasteiger partial charge in [0, 0.05) is 6.42 Å². The van der Waals surface area contributed by atoms with E-state index >= 15 is 0 Å². The number of benzene rings is 1. The predicted octanol–water partition coefficient (Wildman–Crippen LogP) is 1.47. The van der Waals surface area contributed by atoms with Crippen LogP contribution in [-0.4, -0.2) is 8.42 Å². The minimum Gasteiger partial charge on any atom is -0.218 e. The Morgan fingerprint density at radius 1 is 1.18 bits per heavy atom. The lowest BCUT2D eigenvalue weighted by atomic mass is 10.1. The molecule has 0 amide bonds. The predicted molar refractivity (Wildman–Crippen MR) is 59.1 cm³/mol. The molecule has 2 rings (SSSR count). The molecule has 0 bridgehead atoms. The van der Waals surface area contributed by atoms with Crippen molar-refractivity contribution >= 4 is 9.84 Å². The lowest BCUT2D eigenvalue weighted by Gasteiger charge is -1.94. The van der Waals surface area contributed by atoms with Crippen LogP contribution in [0.25, 0.3) is 0 Å². The summed E-state index contributed by atoms with van der Waals surface area (Å²) in [6, 6.07) is 9.81. The Morgan fingerprint density at radius 2 is 1.82 bits per heavy atom. The molecule has 1 aromatic rings. The number of sulfone groups is 1. The van der Waals surface area contributed by atoms with Crippen LogP contribution in [0.15, 0.2) is 45.4 Å². The van der Waals surface area contributed by atoms with E-state index in [-0.39, 0.29) is 21.8 Å². The average Bonchev–Trinajstić information content (AvgIpc) is 2.58. The number of allylic oxidation sites excluding steroid dienone is 1. The molecule has 5 heteroatoms. The monoisotopic (exact) mass is 242 g/mol. The molecule has 82 valence electrons. The first-order valence-electron chi connectivity index (χ1n) is 4.72. The van der Waals surface area contributed by atoms with Crippen LogP contribution in [0.1, 0.15) is 5.56 Å². The van der Waals surface area contributed by atoms with Crippen LogP contribution < -0.4 is 0 Å². The molecule has 0 N–H and O–H groups in total. The number of hydrogen-bond donors (Lipinski definition) is 0. The lowest BCUT2D eigenvalue weighted by Crippen LogP contribution is -1.96. The van der Waals surface area contributed by atoms with Crippen molar-refractivity contribution in [3.63, 3.8) is 0 Å². The van der Waals surface area contributed by atoms with Gasteiger partial charge in [-0.25, -0.2) is 8.42 Å². The zero-order valence-corrected chi connectivity index (χ0v) is 9.45. The van der Waals surface area contributed by atoms with Crippen molar-refractivity contribution in [2.75, 3.05) is 0 Å². The van der Waals surface area contributed by atoms with Gasteiger partial charge in [0.2, 0.25) is 9.84 Å². The third kappa shape index (κ3) is 1.74. The Balaban J connectivity index is 2.74. The second-order valence-corrected chi connectivity index (χ2v) is 5.37. The van der Waals surface area contributed by atoms with Crippen molar-refractivity contribution in [3.05, 3.63) is 46.0 Å². The van der Waals surface area contributed by atoms with E-state index in [1.807, 2.05) is 0 Å². The van der Waals surface area contributed by atoms with Gasteiger partial charge in [-0.2, -0.15) is 10.5 Å². The van der Waals surface area contributed by atoms with Gasteiger partial charge in [-0.15, -0.1) is 0 Å². The summed E-state index contributed by atoms with van der Waals surface area (Å²) in [6.45, 7) is 0. The van der Waals surface area contributed by atoms with Crippen LogP contribution in [0.3, 0.4) is 0 Å². The molecule has 1 heterocycles. The highest BCUT2D eigenvalue weighted by atomic mass is 32.2. The lowest BCUT2D eigenvalue weighted by molar-refractivity contribution is 0.604. The van der Waals surface area contributed by atoms with Crippen molar-refractivity contribution in [2.45, 2.75) is 11.3 Å². The zero-order chi connectivity index (χ0) is 12.5. The molecule has 17 heavy (non-hydrogen) atoms. The van der Waals surface area contributed by atoms with Crippen LogP contribution >= 0.6 is 0 Å². The van der Waals surface area contributed by atoms with Gasteiger partial charge in [-0.3, -0.25) is 0 Å². The molecule has 0 saturated carbocycles. The van der Waals surface area contributed by atoms with Gasteiger partial charge in [-0.1, -0.05) is 23.9 Å². The molecule has 0 radical (unpaired) electrons. The van der Waals surface area contributed by atoms with Gasteiger partial charge in [0.1, 0.15) is 12.1 Å². The molecule has 4 nitrogen and oxygen atoms in total. The van der Waals surface area contributed by atoms with Crippen LogP contribution in [-0.2, 0) is 16.3 Å². The number of fused-ring (bicyclic) bond motifs is 1. The van der Waals surface area contributed by atoms with E-state index in [0.717, 1.165) is 0 Å². The van der Waals surface area contributed by atoms with Gasteiger partial charge < -0.3 is 0 Å². The number of nitrogens with zero attached hydrogens (tertiary/aromatic N) is 2. The van der Waals surface area contributed by atoms with E-state index in [1.54, 1.807) is 30.3 Å². The van der Waals surface area contributed by atoms with E-state index in [9.17, 15) is 8.42 Å². The molecule has 1 aliphatic rings. The summed E-state index contributed by atoms with van der Waals surface area (Å²) in [6.07, 6.45) is 0.186. The smallest absolute Gasteiger partial charge is 0.210 e. The topological polar surface area (TPSA) is 81.7 Å². The van der Waals surface area contributed by atoms with Gasteiger partial charge in [0.25, 0.3) is 0 Å². The zero-order valence-electron chi connectivity index (χ0n) is 8.64. The summed E-state index contributed by atoms with van der Waals surface area (Å²) in [5, 5.41) is 17.2. The van der Waals surface area contributed by atoms with Crippen LogP contribution in [0.5, 0.6) is 0 Å². The number of nitriles is 2. The molecule has 0 fully saturated rings. The maximum Gasteiger partial charge on any atom is 0.210 e. The second-order valence-electron chi connectivity index (χ2n) is 3.43. The van der Waals surface area contributed by atoms with Crippen molar-refractivity contribution in [1.29, 1.82) is 10.5 Å². The number of hydrogen-bond acceptors (Lipinski definition) is 4. The highest BCUT2D eigenvalue weighted by molar-refractivity contribution is 7.95. The standard InChI is InChI=1S/C12H6N2O2S/c13-7-9(8-14)5-11-6-10-3-1-2-4-12(10)17(11,15)16/h1-4H,6H2. The van der Waals surface area contributed by atoms with Gasteiger partial charge in [0.15, 0.2) is 5.57 Å². The largest absolute Gasteiger partial charge is 0.218 e. The summed E-state index contributed by atoms with van der Waals surface area (Å²) in [4.78, 5) is 0.217. The molecular weight excluding hydrogens is 236 g/mol. The minimum atomic E-state index is -3.58. The Kier molecular flexibility index (Phi) is 2.57. The minimum absolute atomic E-state index is 0.0169. The molecule has 1 aromatic carbocycles. The van der Waals surface area contributed by atoms with Crippen LogP contribution in [0.2, 0.25) is 0 Å². The van der Waals surface area contributed by atoms with Crippen molar-refractivity contribution in [1.82, 2.24) is 0 Å².